The van der Waals surface area contributed by atoms with Crippen molar-refractivity contribution in [2.24, 2.45) is 0 Å². The first-order chi connectivity index (χ1) is 12.3. The number of nitrogens with one attached hydrogen (secondary N) is 1. The number of fused-ring (bicyclic) bond motifs is 2. The van der Waals surface area contributed by atoms with E-state index in [2.05, 4.69) is 9.97 Å². The molecule has 2 heterocycles. The summed E-state index contributed by atoms with van der Waals surface area (Å²) < 4.78 is 15.5. The molecule has 0 amide bonds. The molecule has 25 heavy (non-hydrogen) atoms. The molecule has 2 aromatic carbocycles. The van der Waals surface area contributed by atoms with Crippen LogP contribution in [0.15, 0.2) is 70.1 Å². The minimum Gasteiger partial charge on any atom is -0.459 e. The van der Waals surface area contributed by atoms with E-state index >= 15 is 0 Å². The quantitative estimate of drug-likeness (QED) is 0.455. The number of rotatable bonds is 4. The number of hydrogen-bond acceptors (Lipinski definition) is 5. The second kappa shape index (κ2) is 8.23. The number of benzene rings is 2. The Kier molecular flexibility index (Phi) is 5.56. The van der Waals surface area contributed by atoms with Crippen LogP contribution in [0.5, 0.6) is 0 Å². The van der Waals surface area contributed by atoms with Crippen molar-refractivity contribution >= 4 is 21.9 Å². The van der Waals surface area contributed by atoms with Crippen LogP contribution in [0.2, 0.25) is 0 Å². The van der Waals surface area contributed by atoms with Crippen molar-refractivity contribution in [1.29, 1.82) is 0 Å². The van der Waals surface area contributed by atoms with Crippen LogP contribution in [-0.4, -0.2) is 23.9 Å². The van der Waals surface area contributed by atoms with Gasteiger partial charge in [0.25, 0.3) is 5.56 Å². The number of nitrogens with zero attached hydrogens (tertiary/aromatic N) is 1. The summed E-state index contributed by atoms with van der Waals surface area (Å²) in [5.41, 5.74) is 1.54. The lowest BCUT2D eigenvalue weighted by Crippen LogP contribution is -2.05. The number of furan rings is 1. The molecule has 0 radical (unpaired) electrons. The Morgan fingerprint density at radius 1 is 1.12 bits per heavy atom. The lowest BCUT2D eigenvalue weighted by molar-refractivity contribution is -0.0437. The molecule has 6 nitrogen and oxygen atoms in total. The molecule has 0 aliphatic carbocycles. The van der Waals surface area contributed by atoms with Gasteiger partial charge in [-0.05, 0) is 24.3 Å². The van der Waals surface area contributed by atoms with E-state index in [1.807, 2.05) is 48.5 Å². The Balaban J connectivity index is 0.000000150. The summed E-state index contributed by atoms with van der Waals surface area (Å²) in [6.07, 6.45) is 1.41. The van der Waals surface area contributed by atoms with Gasteiger partial charge in [0.05, 0.1) is 17.2 Å². The second-order valence-electron chi connectivity index (χ2n) is 5.25. The van der Waals surface area contributed by atoms with Crippen molar-refractivity contribution in [2.45, 2.75) is 6.61 Å². The first-order valence-corrected chi connectivity index (χ1v) is 7.74. The fraction of sp³-hybridized carbons (Fsp3) is 0.158. The number of methoxy groups -OCH3 is 1. The van der Waals surface area contributed by atoms with Gasteiger partial charge >= 0.3 is 0 Å². The van der Waals surface area contributed by atoms with Crippen LogP contribution in [0, 0.1) is 0 Å². The predicted octanol–water partition coefficient (Wildman–Crippen LogP) is 3.48. The van der Waals surface area contributed by atoms with Crippen molar-refractivity contribution in [3.8, 4) is 0 Å². The van der Waals surface area contributed by atoms with Crippen molar-refractivity contribution in [3.63, 3.8) is 0 Å². The minimum atomic E-state index is -0.0874. The summed E-state index contributed by atoms with van der Waals surface area (Å²) >= 11 is 0. The summed E-state index contributed by atoms with van der Waals surface area (Å²) in [5, 5.41) is 1.73. The molecule has 4 aromatic rings. The summed E-state index contributed by atoms with van der Waals surface area (Å²) in [5.74, 6) is 0.822. The third-order valence-electron chi connectivity index (χ3n) is 3.47. The average Bonchev–Trinajstić information content (AvgIpc) is 3.06. The van der Waals surface area contributed by atoms with E-state index in [0.717, 1.165) is 22.2 Å². The van der Waals surface area contributed by atoms with E-state index in [1.165, 1.54) is 6.33 Å². The zero-order valence-corrected chi connectivity index (χ0v) is 13.8. The molecule has 2 aromatic heterocycles. The van der Waals surface area contributed by atoms with Crippen molar-refractivity contribution in [2.75, 3.05) is 13.9 Å². The van der Waals surface area contributed by atoms with Gasteiger partial charge in [-0.25, -0.2) is 4.98 Å². The normalized spacial score (nSPS) is 10.6. The highest BCUT2D eigenvalue weighted by atomic mass is 16.7. The van der Waals surface area contributed by atoms with Gasteiger partial charge in [0.15, 0.2) is 0 Å². The Bertz CT molecular complexity index is 968. The molecule has 0 aliphatic heterocycles. The first kappa shape index (κ1) is 16.9. The van der Waals surface area contributed by atoms with E-state index in [0.29, 0.717) is 12.0 Å². The molecule has 0 fully saturated rings. The van der Waals surface area contributed by atoms with Gasteiger partial charge in [0.2, 0.25) is 0 Å². The Hall–Kier alpha value is -2.96. The molecule has 0 unspecified atom stereocenters. The molecule has 0 saturated heterocycles. The van der Waals surface area contributed by atoms with Gasteiger partial charge in [-0.15, -0.1) is 0 Å². The fourth-order valence-electron chi connectivity index (χ4n) is 2.35. The maximum atomic E-state index is 11.1. The third kappa shape index (κ3) is 4.32. The van der Waals surface area contributed by atoms with E-state index in [4.69, 9.17) is 13.9 Å². The highest BCUT2D eigenvalue weighted by Crippen LogP contribution is 2.19. The van der Waals surface area contributed by atoms with Gasteiger partial charge in [-0.1, -0.05) is 30.3 Å². The summed E-state index contributed by atoms with van der Waals surface area (Å²) in [6, 6.07) is 17.1. The standard InChI is InChI=1S/C11H12O3.C8H6N2O/c1-12-8-13-7-10-6-9-4-2-3-5-11(9)14-10;11-8-6-3-1-2-4-7(6)9-5-10-8/h2-6H,7-8H2,1H3;1-5H,(H,9,10,11). The SMILES string of the molecule is COCOCc1cc2ccccc2o1.O=c1[nH]cnc2ccccc12. The average molecular weight is 338 g/mol. The largest absolute Gasteiger partial charge is 0.459 e. The number of aromatic amines is 1. The zero-order valence-electron chi connectivity index (χ0n) is 13.8. The third-order valence-corrected chi connectivity index (χ3v) is 3.47. The summed E-state index contributed by atoms with van der Waals surface area (Å²) in [6.45, 7) is 0.736. The Morgan fingerprint density at radius 3 is 2.72 bits per heavy atom. The lowest BCUT2D eigenvalue weighted by atomic mass is 10.2. The lowest BCUT2D eigenvalue weighted by Gasteiger charge is -1.97. The summed E-state index contributed by atoms with van der Waals surface area (Å²) in [4.78, 5) is 17.6. The zero-order chi connectivity index (χ0) is 17.5. The molecular weight excluding hydrogens is 320 g/mol. The monoisotopic (exact) mass is 338 g/mol. The van der Waals surface area contributed by atoms with E-state index < -0.39 is 0 Å². The van der Waals surface area contributed by atoms with Crippen molar-refractivity contribution < 1.29 is 13.9 Å². The van der Waals surface area contributed by atoms with Crippen LogP contribution in [0.4, 0.5) is 0 Å². The second-order valence-corrected chi connectivity index (χ2v) is 5.25. The van der Waals surface area contributed by atoms with Gasteiger partial charge in [0.1, 0.15) is 24.7 Å². The molecule has 128 valence electrons. The maximum absolute atomic E-state index is 11.1. The van der Waals surface area contributed by atoms with Crippen LogP contribution < -0.4 is 5.56 Å². The number of H-pyrrole nitrogens is 1. The highest BCUT2D eigenvalue weighted by Gasteiger charge is 2.02. The number of aromatic nitrogens is 2. The minimum absolute atomic E-state index is 0.0874. The molecule has 1 N–H and O–H groups in total. The van der Waals surface area contributed by atoms with E-state index in [1.54, 1.807) is 13.2 Å². The van der Waals surface area contributed by atoms with Crippen LogP contribution >= 0.6 is 0 Å². The molecule has 4 rings (SSSR count). The van der Waals surface area contributed by atoms with Gasteiger partial charge in [-0.3, -0.25) is 4.79 Å². The predicted molar refractivity (Wildman–Crippen MR) is 95.2 cm³/mol. The van der Waals surface area contributed by atoms with Gasteiger partial charge in [-0.2, -0.15) is 0 Å². The Labute approximate surface area is 144 Å². The number of ether oxygens (including phenoxy) is 2. The van der Waals surface area contributed by atoms with Crippen LogP contribution in [0.25, 0.3) is 21.9 Å². The molecule has 0 bridgehead atoms. The van der Waals surface area contributed by atoms with E-state index in [9.17, 15) is 4.79 Å². The van der Waals surface area contributed by atoms with Crippen molar-refractivity contribution in [1.82, 2.24) is 9.97 Å². The molecule has 0 aliphatic rings. The Morgan fingerprint density at radius 2 is 1.92 bits per heavy atom. The van der Waals surface area contributed by atoms with Crippen LogP contribution in [0.3, 0.4) is 0 Å². The van der Waals surface area contributed by atoms with Crippen LogP contribution in [0.1, 0.15) is 5.76 Å². The fourth-order valence-corrected chi connectivity index (χ4v) is 2.35. The van der Waals surface area contributed by atoms with Gasteiger partial charge < -0.3 is 18.9 Å². The summed E-state index contributed by atoms with van der Waals surface area (Å²) in [7, 11) is 1.60. The molecule has 0 saturated carbocycles. The highest BCUT2D eigenvalue weighted by molar-refractivity contribution is 5.77. The molecule has 0 spiro atoms. The smallest absolute Gasteiger partial charge is 0.258 e. The van der Waals surface area contributed by atoms with Crippen LogP contribution in [-0.2, 0) is 16.1 Å². The molecule has 0 atom stereocenters. The number of hydrogen-bond donors (Lipinski definition) is 1. The molecule has 6 heteroatoms. The van der Waals surface area contributed by atoms with Gasteiger partial charge in [0, 0.05) is 12.5 Å². The first-order valence-electron chi connectivity index (χ1n) is 7.74. The molecular formula is C19H18N2O4. The maximum Gasteiger partial charge on any atom is 0.258 e. The van der Waals surface area contributed by atoms with Crippen molar-refractivity contribution in [3.05, 3.63) is 77.0 Å². The number of para-hydroxylation sites is 2. The topological polar surface area (TPSA) is 77.4 Å². The van der Waals surface area contributed by atoms with E-state index in [-0.39, 0.29) is 12.4 Å².